The van der Waals surface area contributed by atoms with Crippen LogP contribution >= 0.6 is 0 Å². The summed E-state index contributed by atoms with van der Waals surface area (Å²) in [4.78, 5) is 4.19. The van der Waals surface area contributed by atoms with Crippen molar-refractivity contribution in [2.45, 2.75) is 34.1 Å². The number of fused-ring (bicyclic) bond motifs is 1. The van der Waals surface area contributed by atoms with E-state index in [4.69, 9.17) is 0 Å². The normalized spacial score (nSPS) is 9.71. The van der Waals surface area contributed by atoms with Crippen LogP contribution in [0.1, 0.15) is 32.2 Å². The minimum Gasteiger partial charge on any atom is -0.235 e. The first-order chi connectivity index (χ1) is 6.81. The first-order valence-electron chi connectivity index (χ1n) is 5.11. The Bertz CT molecular complexity index is 404. The van der Waals surface area contributed by atoms with E-state index in [1.807, 2.05) is 43.6 Å². The summed E-state index contributed by atoms with van der Waals surface area (Å²) in [7, 11) is 0. The molecule has 2 aromatic heterocycles. The Morgan fingerprint density at radius 3 is 2.64 bits per heavy atom. The second-order valence-electron chi connectivity index (χ2n) is 2.85. The quantitative estimate of drug-likeness (QED) is 0.693. The molecule has 0 fully saturated rings. The van der Waals surface area contributed by atoms with Crippen molar-refractivity contribution < 1.29 is 0 Å². The van der Waals surface area contributed by atoms with Crippen molar-refractivity contribution in [3.05, 3.63) is 29.7 Å². The summed E-state index contributed by atoms with van der Waals surface area (Å²) in [5, 5.41) is 4.41. The van der Waals surface area contributed by atoms with Gasteiger partial charge in [-0.05, 0) is 25.5 Å². The number of hydrogen-bond acceptors (Lipinski definition) is 2. The minimum absolute atomic E-state index is 0.921. The molecule has 0 atom stereocenters. The number of aromatic nitrogens is 3. The second-order valence-corrected chi connectivity index (χ2v) is 2.85. The second kappa shape index (κ2) is 4.74. The van der Waals surface area contributed by atoms with Gasteiger partial charge in [-0.15, -0.1) is 0 Å². The van der Waals surface area contributed by atoms with E-state index in [-0.39, 0.29) is 0 Å². The molecule has 0 spiro atoms. The van der Waals surface area contributed by atoms with Crippen molar-refractivity contribution in [2.24, 2.45) is 0 Å². The van der Waals surface area contributed by atoms with Gasteiger partial charge < -0.3 is 0 Å². The van der Waals surface area contributed by atoms with E-state index in [9.17, 15) is 0 Å². The van der Waals surface area contributed by atoms with Crippen molar-refractivity contribution in [1.29, 1.82) is 0 Å². The summed E-state index contributed by atoms with van der Waals surface area (Å²) < 4.78 is 1.87. The van der Waals surface area contributed by atoms with Crippen molar-refractivity contribution in [1.82, 2.24) is 14.6 Å². The minimum atomic E-state index is 0.921. The summed E-state index contributed by atoms with van der Waals surface area (Å²) in [6.07, 6.45) is 2.80. The molecule has 3 heteroatoms. The Labute approximate surface area is 84.8 Å². The van der Waals surface area contributed by atoms with E-state index in [1.54, 1.807) is 0 Å². The molecule has 0 unspecified atom stereocenters. The summed E-state index contributed by atoms with van der Waals surface area (Å²) in [5.74, 6) is 0. The fourth-order valence-electron chi connectivity index (χ4n) is 1.21. The summed E-state index contributed by atoms with van der Waals surface area (Å²) in [5.41, 5.74) is 3.11. The third-order valence-corrected chi connectivity index (χ3v) is 1.95. The fraction of sp³-hybridized carbons (Fsp3) is 0.455. The first kappa shape index (κ1) is 10.7. The zero-order valence-corrected chi connectivity index (χ0v) is 9.28. The molecule has 0 aliphatic rings. The highest BCUT2D eigenvalue weighted by atomic mass is 15.3. The molecule has 3 nitrogen and oxygen atoms in total. The van der Waals surface area contributed by atoms with Crippen LogP contribution < -0.4 is 0 Å². The van der Waals surface area contributed by atoms with Crippen LogP contribution in [-0.4, -0.2) is 14.6 Å². The predicted molar refractivity (Wildman–Crippen MR) is 58.5 cm³/mol. The molecule has 0 bridgehead atoms. The fourth-order valence-corrected chi connectivity index (χ4v) is 1.21. The van der Waals surface area contributed by atoms with Crippen molar-refractivity contribution >= 4 is 5.65 Å². The monoisotopic (exact) mass is 191 g/mol. The lowest BCUT2D eigenvalue weighted by Crippen LogP contribution is -1.97. The van der Waals surface area contributed by atoms with Crippen molar-refractivity contribution in [2.75, 3.05) is 0 Å². The highest BCUT2D eigenvalue weighted by Crippen LogP contribution is 2.04. The van der Waals surface area contributed by atoms with Crippen LogP contribution in [0.5, 0.6) is 0 Å². The highest BCUT2D eigenvalue weighted by molar-refractivity contribution is 5.38. The Hall–Kier alpha value is -1.38. The maximum absolute atomic E-state index is 4.41. The van der Waals surface area contributed by atoms with Gasteiger partial charge in [0.2, 0.25) is 0 Å². The smallest absolute Gasteiger partial charge is 0.153 e. The van der Waals surface area contributed by atoms with Crippen LogP contribution in [0.25, 0.3) is 5.65 Å². The van der Waals surface area contributed by atoms with Crippen molar-refractivity contribution in [3.8, 4) is 0 Å². The zero-order chi connectivity index (χ0) is 10.6. The molecule has 0 radical (unpaired) electrons. The molecule has 14 heavy (non-hydrogen) atoms. The number of rotatable bonds is 1. The largest absolute Gasteiger partial charge is 0.235 e. The molecule has 0 aromatic carbocycles. The number of imidazole rings is 1. The number of aryl methyl sites for hydroxylation is 2. The van der Waals surface area contributed by atoms with Gasteiger partial charge in [0.05, 0.1) is 17.6 Å². The van der Waals surface area contributed by atoms with Crippen LogP contribution in [0, 0.1) is 6.92 Å². The van der Waals surface area contributed by atoms with Crippen molar-refractivity contribution in [3.63, 3.8) is 0 Å². The summed E-state index contributed by atoms with van der Waals surface area (Å²) >= 11 is 0. The standard InChI is InChI=1S/C9H11N3.C2H6/c1-3-8-4-5-9-10-6-7(2)12(9)11-8;1-2/h4-6H,3H2,1-2H3;1-2H3. The molecule has 0 saturated carbocycles. The van der Waals surface area contributed by atoms with Crippen LogP contribution in [-0.2, 0) is 6.42 Å². The molecule has 0 N–H and O–H groups in total. The molecule has 0 amide bonds. The lowest BCUT2D eigenvalue weighted by molar-refractivity contribution is 0.839. The topological polar surface area (TPSA) is 30.2 Å². The maximum atomic E-state index is 4.41. The Kier molecular flexibility index (Phi) is 3.63. The molecule has 0 aliphatic heterocycles. The Morgan fingerprint density at radius 2 is 2.00 bits per heavy atom. The molecule has 0 aliphatic carbocycles. The van der Waals surface area contributed by atoms with Gasteiger partial charge in [0, 0.05) is 0 Å². The Balaban J connectivity index is 0.000000461. The predicted octanol–water partition coefficient (Wildman–Crippen LogP) is 2.63. The molecule has 2 heterocycles. The van der Waals surface area contributed by atoms with Gasteiger partial charge in [-0.2, -0.15) is 5.10 Å². The molecular weight excluding hydrogens is 174 g/mol. The van der Waals surface area contributed by atoms with E-state index < -0.39 is 0 Å². The molecule has 76 valence electrons. The first-order valence-corrected chi connectivity index (χ1v) is 5.11. The Morgan fingerprint density at radius 1 is 1.29 bits per heavy atom. The van der Waals surface area contributed by atoms with E-state index in [0.717, 1.165) is 23.5 Å². The molecule has 0 saturated heterocycles. The lowest BCUT2D eigenvalue weighted by atomic mass is 10.3. The van der Waals surface area contributed by atoms with Crippen LogP contribution in [0.4, 0.5) is 0 Å². The van der Waals surface area contributed by atoms with E-state index in [0.29, 0.717) is 0 Å². The number of nitrogens with zero attached hydrogens (tertiary/aromatic N) is 3. The van der Waals surface area contributed by atoms with Gasteiger partial charge in [0.25, 0.3) is 0 Å². The van der Waals surface area contributed by atoms with Gasteiger partial charge in [-0.25, -0.2) is 9.50 Å². The van der Waals surface area contributed by atoms with Gasteiger partial charge in [0.15, 0.2) is 5.65 Å². The van der Waals surface area contributed by atoms with E-state index >= 15 is 0 Å². The summed E-state index contributed by atoms with van der Waals surface area (Å²) in [6, 6.07) is 4.01. The van der Waals surface area contributed by atoms with Gasteiger partial charge >= 0.3 is 0 Å². The average Bonchev–Trinajstić information content (AvgIpc) is 2.63. The molecular formula is C11H17N3. The molecule has 2 rings (SSSR count). The number of hydrogen-bond donors (Lipinski definition) is 0. The lowest BCUT2D eigenvalue weighted by Gasteiger charge is -1.97. The van der Waals surface area contributed by atoms with Gasteiger partial charge in [-0.3, -0.25) is 0 Å². The summed E-state index contributed by atoms with van der Waals surface area (Å²) in [6.45, 7) is 8.10. The van der Waals surface area contributed by atoms with Gasteiger partial charge in [-0.1, -0.05) is 20.8 Å². The maximum Gasteiger partial charge on any atom is 0.153 e. The molecule has 2 aromatic rings. The van der Waals surface area contributed by atoms with Gasteiger partial charge in [0.1, 0.15) is 0 Å². The highest BCUT2D eigenvalue weighted by Gasteiger charge is 1.99. The van der Waals surface area contributed by atoms with E-state index in [2.05, 4.69) is 17.0 Å². The third kappa shape index (κ3) is 1.92. The SMILES string of the molecule is CC.CCc1ccc2ncc(C)n2n1. The third-order valence-electron chi connectivity index (χ3n) is 1.95. The van der Waals surface area contributed by atoms with Crippen LogP contribution in [0.2, 0.25) is 0 Å². The average molecular weight is 191 g/mol. The van der Waals surface area contributed by atoms with Crippen LogP contribution in [0.15, 0.2) is 18.3 Å². The zero-order valence-electron chi connectivity index (χ0n) is 9.28. The van der Waals surface area contributed by atoms with Crippen LogP contribution in [0.3, 0.4) is 0 Å². The van der Waals surface area contributed by atoms with E-state index in [1.165, 1.54) is 0 Å².